The summed E-state index contributed by atoms with van der Waals surface area (Å²) in [6, 6.07) is 0.154. The fourth-order valence-electron chi connectivity index (χ4n) is 3.50. The molecule has 3 rings (SSSR count). The summed E-state index contributed by atoms with van der Waals surface area (Å²) < 4.78 is 23.2. The number of rotatable bonds is 5. The second-order valence-electron chi connectivity index (χ2n) is 6.67. The van der Waals surface area contributed by atoms with Gasteiger partial charge in [-0.3, -0.25) is 9.69 Å². The molecule has 1 amide bonds. The normalized spacial score (nSPS) is 25.0. The van der Waals surface area contributed by atoms with E-state index in [0.717, 1.165) is 49.5 Å². The molecule has 0 aromatic carbocycles. The van der Waals surface area contributed by atoms with Crippen LogP contribution in [0.1, 0.15) is 36.9 Å². The highest BCUT2D eigenvalue weighted by molar-refractivity contribution is 7.91. The number of hydrogen-bond donors (Lipinski definition) is 1. The lowest BCUT2D eigenvalue weighted by molar-refractivity contribution is -0.126. The number of thiazole rings is 1. The molecule has 0 spiro atoms. The van der Waals surface area contributed by atoms with Crippen molar-refractivity contribution in [3.05, 3.63) is 16.1 Å². The van der Waals surface area contributed by atoms with Crippen LogP contribution in [-0.2, 0) is 27.6 Å². The van der Waals surface area contributed by atoms with Crippen molar-refractivity contribution >= 4 is 27.1 Å². The predicted molar refractivity (Wildman–Crippen MR) is 94.7 cm³/mol. The van der Waals surface area contributed by atoms with Crippen molar-refractivity contribution in [2.75, 3.05) is 24.6 Å². The van der Waals surface area contributed by atoms with E-state index in [9.17, 15) is 13.2 Å². The van der Waals surface area contributed by atoms with E-state index < -0.39 is 9.84 Å². The molecule has 0 aliphatic carbocycles. The van der Waals surface area contributed by atoms with Crippen LogP contribution in [0.4, 0.5) is 0 Å². The van der Waals surface area contributed by atoms with Crippen molar-refractivity contribution in [2.45, 2.75) is 45.2 Å². The monoisotopic (exact) mass is 371 g/mol. The molecule has 1 aromatic heterocycles. The van der Waals surface area contributed by atoms with Gasteiger partial charge in [-0.2, -0.15) is 0 Å². The molecule has 1 aromatic rings. The van der Waals surface area contributed by atoms with Crippen molar-refractivity contribution in [1.29, 1.82) is 0 Å². The molecule has 6 nitrogen and oxygen atoms in total. The maximum absolute atomic E-state index is 12.3. The third kappa shape index (κ3) is 4.34. The number of likely N-dealkylation sites (tertiary alicyclic amines) is 1. The number of carbonyl (C=O) groups is 1. The minimum absolute atomic E-state index is 0.0311. The van der Waals surface area contributed by atoms with E-state index >= 15 is 0 Å². The third-order valence-corrected chi connectivity index (χ3v) is 7.76. The second-order valence-corrected chi connectivity index (χ2v) is 9.84. The predicted octanol–water partition coefficient (Wildman–Crippen LogP) is 1.22. The number of piperidine rings is 1. The summed E-state index contributed by atoms with van der Waals surface area (Å²) in [5.74, 6) is 0.724. The van der Waals surface area contributed by atoms with Gasteiger partial charge in [0.15, 0.2) is 9.84 Å². The SMILES string of the molecule is CCc1nc(CNC(=O)C2CCN([C@@H]3CCS(=O)(=O)C3)CC2)cs1. The maximum Gasteiger partial charge on any atom is 0.223 e. The number of nitrogens with one attached hydrogen (secondary N) is 1. The first-order chi connectivity index (χ1) is 11.5. The van der Waals surface area contributed by atoms with Crippen LogP contribution in [0, 0.1) is 5.92 Å². The summed E-state index contributed by atoms with van der Waals surface area (Å²) in [6.45, 7) is 4.20. The van der Waals surface area contributed by atoms with E-state index in [2.05, 4.69) is 22.1 Å². The highest BCUT2D eigenvalue weighted by Gasteiger charge is 2.35. The lowest BCUT2D eigenvalue weighted by Crippen LogP contribution is -2.45. The standard InChI is InChI=1S/C16H25N3O3S2/c1-2-15-18-13(10-23-15)9-17-16(20)12-3-6-19(7-4-12)14-5-8-24(21,22)11-14/h10,12,14H,2-9,11H2,1H3,(H,17,20)/t14-/m1/s1. The minimum Gasteiger partial charge on any atom is -0.350 e. The zero-order valence-electron chi connectivity index (χ0n) is 14.0. The van der Waals surface area contributed by atoms with Crippen LogP contribution in [0.5, 0.6) is 0 Å². The highest BCUT2D eigenvalue weighted by atomic mass is 32.2. The van der Waals surface area contributed by atoms with E-state index in [1.807, 2.05) is 5.38 Å². The van der Waals surface area contributed by atoms with Gasteiger partial charge in [-0.05, 0) is 38.8 Å². The molecular weight excluding hydrogens is 346 g/mol. The third-order valence-electron chi connectivity index (χ3n) is 4.97. The summed E-state index contributed by atoms with van der Waals surface area (Å²) in [5.41, 5.74) is 0.929. The second kappa shape index (κ2) is 7.49. The van der Waals surface area contributed by atoms with Crippen molar-refractivity contribution < 1.29 is 13.2 Å². The van der Waals surface area contributed by atoms with Gasteiger partial charge in [-0.15, -0.1) is 11.3 Å². The Bertz CT molecular complexity index is 678. The average molecular weight is 372 g/mol. The largest absolute Gasteiger partial charge is 0.350 e. The first-order valence-corrected chi connectivity index (χ1v) is 11.3. The minimum atomic E-state index is -2.84. The Morgan fingerprint density at radius 1 is 1.38 bits per heavy atom. The van der Waals surface area contributed by atoms with Crippen molar-refractivity contribution in [2.24, 2.45) is 5.92 Å². The van der Waals surface area contributed by atoms with Crippen LogP contribution < -0.4 is 5.32 Å². The highest BCUT2D eigenvalue weighted by Crippen LogP contribution is 2.24. The van der Waals surface area contributed by atoms with Gasteiger partial charge in [0, 0.05) is 17.3 Å². The van der Waals surface area contributed by atoms with E-state index in [1.165, 1.54) is 0 Å². The van der Waals surface area contributed by atoms with Crippen molar-refractivity contribution in [1.82, 2.24) is 15.2 Å². The zero-order valence-corrected chi connectivity index (χ0v) is 15.7. The summed E-state index contributed by atoms with van der Waals surface area (Å²) in [7, 11) is -2.84. The lowest BCUT2D eigenvalue weighted by atomic mass is 9.94. The molecule has 8 heteroatoms. The molecule has 24 heavy (non-hydrogen) atoms. The van der Waals surface area contributed by atoms with E-state index in [4.69, 9.17) is 0 Å². The number of amides is 1. The Labute approximate surface area is 147 Å². The lowest BCUT2D eigenvalue weighted by Gasteiger charge is -2.34. The summed E-state index contributed by atoms with van der Waals surface area (Å²) >= 11 is 1.63. The van der Waals surface area contributed by atoms with Gasteiger partial charge in [0.1, 0.15) is 0 Å². The molecule has 2 aliphatic heterocycles. The first kappa shape index (κ1) is 17.8. The molecule has 2 aliphatic rings. The number of carbonyl (C=O) groups excluding carboxylic acids is 1. The average Bonchev–Trinajstić information content (AvgIpc) is 3.18. The molecule has 2 saturated heterocycles. The Balaban J connectivity index is 1.43. The quantitative estimate of drug-likeness (QED) is 0.842. The molecule has 1 atom stereocenters. The van der Waals surface area contributed by atoms with Crippen LogP contribution in [-0.4, -0.2) is 54.8 Å². The van der Waals surface area contributed by atoms with E-state index in [-0.39, 0.29) is 23.6 Å². The van der Waals surface area contributed by atoms with Gasteiger partial charge in [-0.1, -0.05) is 6.92 Å². The number of aryl methyl sites for hydroxylation is 1. The fraction of sp³-hybridized carbons (Fsp3) is 0.750. The number of nitrogens with zero attached hydrogens (tertiary/aromatic N) is 2. The number of hydrogen-bond acceptors (Lipinski definition) is 6. The smallest absolute Gasteiger partial charge is 0.223 e. The molecular formula is C16H25N3O3S2. The fourth-order valence-corrected chi connectivity index (χ4v) is 6.01. The van der Waals surface area contributed by atoms with Crippen LogP contribution in [0.15, 0.2) is 5.38 Å². The molecule has 0 radical (unpaired) electrons. The first-order valence-electron chi connectivity index (χ1n) is 8.62. The Morgan fingerprint density at radius 2 is 2.12 bits per heavy atom. The molecule has 0 saturated carbocycles. The van der Waals surface area contributed by atoms with Gasteiger partial charge in [0.2, 0.25) is 5.91 Å². The molecule has 3 heterocycles. The van der Waals surface area contributed by atoms with Gasteiger partial charge in [0.25, 0.3) is 0 Å². The Kier molecular flexibility index (Phi) is 5.56. The van der Waals surface area contributed by atoms with Crippen LogP contribution >= 0.6 is 11.3 Å². The van der Waals surface area contributed by atoms with Gasteiger partial charge in [-0.25, -0.2) is 13.4 Å². The van der Waals surface area contributed by atoms with Crippen molar-refractivity contribution in [3.8, 4) is 0 Å². The molecule has 134 valence electrons. The van der Waals surface area contributed by atoms with E-state index in [0.29, 0.717) is 12.3 Å². The van der Waals surface area contributed by atoms with Crippen LogP contribution in [0.3, 0.4) is 0 Å². The maximum atomic E-state index is 12.3. The van der Waals surface area contributed by atoms with Gasteiger partial charge < -0.3 is 5.32 Å². The number of aromatic nitrogens is 1. The summed E-state index contributed by atoms with van der Waals surface area (Å²) in [4.78, 5) is 19.0. The Morgan fingerprint density at radius 3 is 2.71 bits per heavy atom. The van der Waals surface area contributed by atoms with Crippen LogP contribution in [0.2, 0.25) is 0 Å². The van der Waals surface area contributed by atoms with E-state index in [1.54, 1.807) is 11.3 Å². The topological polar surface area (TPSA) is 79.4 Å². The number of sulfone groups is 1. The molecule has 0 bridgehead atoms. The zero-order chi connectivity index (χ0) is 17.2. The van der Waals surface area contributed by atoms with Crippen LogP contribution in [0.25, 0.3) is 0 Å². The van der Waals surface area contributed by atoms with Gasteiger partial charge in [0.05, 0.1) is 28.8 Å². The molecule has 0 unspecified atom stereocenters. The molecule has 1 N–H and O–H groups in total. The Hall–Kier alpha value is -0.990. The van der Waals surface area contributed by atoms with Crippen molar-refractivity contribution in [3.63, 3.8) is 0 Å². The molecule has 2 fully saturated rings. The van der Waals surface area contributed by atoms with Gasteiger partial charge >= 0.3 is 0 Å². The summed E-state index contributed by atoms with van der Waals surface area (Å²) in [5, 5.41) is 6.09. The summed E-state index contributed by atoms with van der Waals surface area (Å²) in [6.07, 6.45) is 3.27.